The number of H-pyrrole nitrogens is 1. The number of hydrogen-bond acceptors (Lipinski definition) is 3. The third-order valence-corrected chi connectivity index (χ3v) is 4.13. The second-order valence-corrected chi connectivity index (χ2v) is 5.84. The molecule has 0 atom stereocenters. The molecule has 0 saturated carbocycles. The monoisotopic (exact) mass is 331 g/mol. The zero-order valence-corrected chi connectivity index (χ0v) is 13.8. The van der Waals surface area contributed by atoms with Gasteiger partial charge in [0.15, 0.2) is 0 Å². The van der Waals surface area contributed by atoms with Gasteiger partial charge in [0.2, 0.25) is 0 Å². The summed E-state index contributed by atoms with van der Waals surface area (Å²) in [5.41, 5.74) is 3.76. The Bertz CT molecular complexity index is 1030. The van der Waals surface area contributed by atoms with Crippen molar-refractivity contribution in [1.82, 2.24) is 24.5 Å². The van der Waals surface area contributed by atoms with Crippen molar-refractivity contribution < 1.29 is 0 Å². The first-order chi connectivity index (χ1) is 12.2. The molecule has 0 spiro atoms. The van der Waals surface area contributed by atoms with E-state index in [1.54, 1.807) is 10.8 Å². The van der Waals surface area contributed by atoms with Crippen LogP contribution in [0.3, 0.4) is 0 Å². The average molecular weight is 331 g/mol. The van der Waals surface area contributed by atoms with Crippen molar-refractivity contribution in [3.63, 3.8) is 0 Å². The highest BCUT2D eigenvalue weighted by molar-refractivity contribution is 5.62. The van der Waals surface area contributed by atoms with Gasteiger partial charge < -0.3 is 0 Å². The van der Waals surface area contributed by atoms with E-state index in [1.807, 2.05) is 67.7 Å². The number of aromatic amines is 1. The summed E-state index contributed by atoms with van der Waals surface area (Å²) in [7, 11) is 0. The van der Waals surface area contributed by atoms with E-state index < -0.39 is 0 Å². The summed E-state index contributed by atoms with van der Waals surface area (Å²) < 4.78 is 3.12. The minimum atomic E-state index is -0.141. The molecule has 1 N–H and O–H groups in total. The minimum Gasteiger partial charge on any atom is -0.285 e. The van der Waals surface area contributed by atoms with E-state index in [1.165, 1.54) is 4.68 Å². The normalized spacial score (nSPS) is 10.9. The van der Waals surface area contributed by atoms with Gasteiger partial charge in [0.25, 0.3) is 0 Å². The van der Waals surface area contributed by atoms with E-state index in [4.69, 9.17) is 0 Å². The molecule has 2 aromatic carbocycles. The van der Waals surface area contributed by atoms with Crippen molar-refractivity contribution in [2.24, 2.45) is 0 Å². The predicted molar refractivity (Wildman–Crippen MR) is 95.7 cm³/mol. The smallest absolute Gasteiger partial charge is 0.285 e. The summed E-state index contributed by atoms with van der Waals surface area (Å²) in [4.78, 5) is 12.8. The average Bonchev–Trinajstić information content (AvgIpc) is 3.25. The van der Waals surface area contributed by atoms with Crippen LogP contribution in [0.2, 0.25) is 0 Å². The van der Waals surface area contributed by atoms with Crippen molar-refractivity contribution in [2.75, 3.05) is 0 Å². The largest absolute Gasteiger partial charge is 0.350 e. The van der Waals surface area contributed by atoms with Gasteiger partial charge in [0.05, 0.1) is 18.4 Å². The highest BCUT2D eigenvalue weighted by Gasteiger charge is 2.12. The first kappa shape index (κ1) is 15.1. The molecule has 2 heterocycles. The Morgan fingerprint density at radius 1 is 1.00 bits per heavy atom. The molecule has 6 heteroatoms. The first-order valence-electron chi connectivity index (χ1n) is 8.02. The lowest BCUT2D eigenvalue weighted by Gasteiger charge is -2.04. The Kier molecular flexibility index (Phi) is 3.78. The predicted octanol–water partition coefficient (Wildman–Crippen LogP) is 2.78. The molecule has 0 aliphatic rings. The summed E-state index contributed by atoms with van der Waals surface area (Å²) in [6, 6.07) is 17.6. The Labute approximate surface area is 144 Å². The molecule has 0 bridgehead atoms. The number of rotatable bonds is 4. The van der Waals surface area contributed by atoms with Crippen LogP contribution in [0.4, 0.5) is 0 Å². The number of aryl methyl sites for hydroxylation is 1. The molecule has 6 nitrogen and oxygen atoms in total. The van der Waals surface area contributed by atoms with Gasteiger partial charge in [-0.3, -0.25) is 5.10 Å². The van der Waals surface area contributed by atoms with Gasteiger partial charge in [-0.15, -0.1) is 0 Å². The molecular formula is C19H17N5O. The fraction of sp³-hybridized carbons (Fsp3) is 0.105. The fourth-order valence-corrected chi connectivity index (χ4v) is 2.88. The Hall–Kier alpha value is -3.41. The van der Waals surface area contributed by atoms with E-state index in [0.29, 0.717) is 12.4 Å². The lowest BCUT2D eigenvalue weighted by atomic mass is 10.1. The van der Waals surface area contributed by atoms with E-state index in [9.17, 15) is 4.79 Å². The minimum absolute atomic E-state index is 0.141. The fourth-order valence-electron chi connectivity index (χ4n) is 2.88. The van der Waals surface area contributed by atoms with Crippen LogP contribution in [0.5, 0.6) is 0 Å². The maximum Gasteiger partial charge on any atom is 0.350 e. The van der Waals surface area contributed by atoms with Gasteiger partial charge in [0.1, 0.15) is 5.82 Å². The SMILES string of the molecule is Cc1nn(Cc2ccccc2)c(=O)n1-c1ccc(-c2cn[nH]c2)cc1. The van der Waals surface area contributed by atoms with Crippen LogP contribution in [0, 0.1) is 6.92 Å². The number of benzene rings is 2. The van der Waals surface area contributed by atoms with Gasteiger partial charge in [-0.1, -0.05) is 42.5 Å². The molecular weight excluding hydrogens is 314 g/mol. The number of nitrogens with zero attached hydrogens (tertiary/aromatic N) is 4. The zero-order chi connectivity index (χ0) is 17.2. The number of hydrogen-bond donors (Lipinski definition) is 1. The summed E-state index contributed by atoms with van der Waals surface area (Å²) in [5, 5.41) is 11.2. The number of aromatic nitrogens is 5. The van der Waals surface area contributed by atoms with Gasteiger partial charge in [-0.2, -0.15) is 10.2 Å². The summed E-state index contributed by atoms with van der Waals surface area (Å²) in [6.07, 6.45) is 3.61. The van der Waals surface area contributed by atoms with Gasteiger partial charge >= 0.3 is 5.69 Å². The molecule has 25 heavy (non-hydrogen) atoms. The molecule has 0 saturated heterocycles. The van der Waals surface area contributed by atoms with Crippen LogP contribution in [-0.4, -0.2) is 24.5 Å². The molecule has 124 valence electrons. The second kappa shape index (κ2) is 6.24. The lowest BCUT2D eigenvalue weighted by Crippen LogP contribution is -2.24. The van der Waals surface area contributed by atoms with E-state index >= 15 is 0 Å². The van der Waals surface area contributed by atoms with Crippen LogP contribution < -0.4 is 5.69 Å². The summed E-state index contributed by atoms with van der Waals surface area (Å²) >= 11 is 0. The highest BCUT2D eigenvalue weighted by atomic mass is 16.2. The number of nitrogens with one attached hydrogen (secondary N) is 1. The maximum absolute atomic E-state index is 12.8. The van der Waals surface area contributed by atoms with Crippen LogP contribution in [0.25, 0.3) is 16.8 Å². The zero-order valence-electron chi connectivity index (χ0n) is 13.8. The van der Waals surface area contributed by atoms with Crippen LogP contribution in [0.1, 0.15) is 11.4 Å². The summed E-state index contributed by atoms with van der Waals surface area (Å²) in [6.45, 7) is 2.30. The third kappa shape index (κ3) is 2.89. The Balaban J connectivity index is 1.68. The van der Waals surface area contributed by atoms with Crippen molar-refractivity contribution in [2.45, 2.75) is 13.5 Å². The molecule has 0 radical (unpaired) electrons. The topological polar surface area (TPSA) is 68.5 Å². The van der Waals surface area contributed by atoms with Gasteiger partial charge in [-0.05, 0) is 30.2 Å². The van der Waals surface area contributed by atoms with Gasteiger partial charge in [-0.25, -0.2) is 14.0 Å². The molecule has 4 rings (SSSR count). The molecule has 0 aliphatic heterocycles. The van der Waals surface area contributed by atoms with Crippen molar-refractivity contribution in [3.8, 4) is 16.8 Å². The molecule has 2 aromatic heterocycles. The van der Waals surface area contributed by atoms with Gasteiger partial charge in [0, 0.05) is 11.8 Å². The molecule has 0 fully saturated rings. The van der Waals surface area contributed by atoms with Crippen molar-refractivity contribution in [1.29, 1.82) is 0 Å². The van der Waals surface area contributed by atoms with Crippen LogP contribution in [0.15, 0.2) is 71.8 Å². The van der Waals surface area contributed by atoms with E-state index in [0.717, 1.165) is 22.4 Å². The third-order valence-electron chi connectivity index (χ3n) is 4.13. The molecule has 0 unspecified atom stereocenters. The summed E-state index contributed by atoms with van der Waals surface area (Å²) in [5.74, 6) is 0.664. The van der Waals surface area contributed by atoms with Crippen molar-refractivity contribution in [3.05, 3.63) is 88.9 Å². The standard InChI is InChI=1S/C19H17N5O/c1-14-22-23(13-15-5-3-2-4-6-15)19(25)24(14)18-9-7-16(8-10-18)17-11-20-21-12-17/h2-12H,13H2,1H3,(H,20,21). The molecule has 0 amide bonds. The Morgan fingerprint density at radius 2 is 1.76 bits per heavy atom. The van der Waals surface area contributed by atoms with Crippen LogP contribution in [-0.2, 0) is 6.54 Å². The van der Waals surface area contributed by atoms with E-state index in [-0.39, 0.29) is 5.69 Å². The Morgan fingerprint density at radius 3 is 2.44 bits per heavy atom. The molecule has 0 aliphatic carbocycles. The first-order valence-corrected chi connectivity index (χ1v) is 8.02. The lowest BCUT2D eigenvalue weighted by molar-refractivity contribution is 0.651. The van der Waals surface area contributed by atoms with Crippen LogP contribution >= 0.6 is 0 Å². The highest BCUT2D eigenvalue weighted by Crippen LogP contribution is 2.19. The second-order valence-electron chi connectivity index (χ2n) is 5.84. The van der Waals surface area contributed by atoms with Crippen molar-refractivity contribution >= 4 is 0 Å². The maximum atomic E-state index is 12.8. The molecule has 4 aromatic rings. The quantitative estimate of drug-likeness (QED) is 0.625. The van der Waals surface area contributed by atoms with E-state index in [2.05, 4.69) is 15.3 Å².